The summed E-state index contributed by atoms with van der Waals surface area (Å²) in [5.74, 6) is -0.0683. The third-order valence-corrected chi connectivity index (χ3v) is 4.73. The Morgan fingerprint density at radius 1 is 1.45 bits per heavy atom. The van der Waals surface area contributed by atoms with Crippen molar-refractivity contribution in [1.82, 2.24) is 15.5 Å². The van der Waals surface area contributed by atoms with Crippen LogP contribution in [0, 0.1) is 6.92 Å². The molecule has 1 aliphatic rings. The Balaban J connectivity index is 2.20. The molecule has 5 nitrogen and oxygen atoms in total. The van der Waals surface area contributed by atoms with Crippen LogP contribution < -0.4 is 5.32 Å². The molecule has 20 heavy (non-hydrogen) atoms. The van der Waals surface area contributed by atoms with Gasteiger partial charge in [0.1, 0.15) is 0 Å². The van der Waals surface area contributed by atoms with Gasteiger partial charge in [-0.15, -0.1) is 0 Å². The van der Waals surface area contributed by atoms with Gasteiger partial charge >= 0.3 is 0 Å². The number of amides is 1. The molecule has 2 heterocycles. The van der Waals surface area contributed by atoms with Crippen molar-refractivity contribution in [3.05, 3.63) is 23.0 Å². The van der Waals surface area contributed by atoms with Gasteiger partial charge in [0.05, 0.1) is 22.5 Å². The molecule has 0 aromatic carbocycles. The standard InChI is InChI=1S/C14H20BrN3O2/c1-3-12-11(8-10(2)17-18-12)13(19)16-14(9-15)4-6-20-7-5-14/h8H,3-7,9H2,1-2H3,(H,16,19). The highest BCUT2D eigenvalue weighted by Gasteiger charge is 2.33. The van der Waals surface area contributed by atoms with E-state index in [1.165, 1.54) is 0 Å². The largest absolute Gasteiger partial charge is 0.381 e. The minimum absolute atomic E-state index is 0.0683. The van der Waals surface area contributed by atoms with E-state index in [4.69, 9.17) is 4.74 Å². The predicted molar refractivity (Wildman–Crippen MR) is 80.2 cm³/mol. The van der Waals surface area contributed by atoms with E-state index < -0.39 is 0 Å². The molecule has 1 amide bonds. The van der Waals surface area contributed by atoms with Gasteiger partial charge in [-0.2, -0.15) is 10.2 Å². The summed E-state index contributed by atoms with van der Waals surface area (Å²) in [6.45, 7) is 5.18. The molecule has 1 aromatic rings. The Hall–Kier alpha value is -1.01. The first-order valence-electron chi connectivity index (χ1n) is 6.89. The molecule has 2 rings (SSSR count). The van der Waals surface area contributed by atoms with Gasteiger partial charge < -0.3 is 10.1 Å². The lowest BCUT2D eigenvalue weighted by Gasteiger charge is -2.36. The van der Waals surface area contributed by atoms with Gasteiger partial charge in [0, 0.05) is 18.5 Å². The topological polar surface area (TPSA) is 64.1 Å². The molecule has 6 heteroatoms. The monoisotopic (exact) mass is 341 g/mol. The van der Waals surface area contributed by atoms with Crippen LogP contribution in [0.2, 0.25) is 0 Å². The number of alkyl halides is 1. The van der Waals surface area contributed by atoms with Crippen LogP contribution in [0.3, 0.4) is 0 Å². The number of aryl methyl sites for hydroxylation is 2. The minimum Gasteiger partial charge on any atom is -0.381 e. The van der Waals surface area contributed by atoms with Crippen LogP contribution in [-0.4, -0.2) is 40.2 Å². The molecule has 1 N–H and O–H groups in total. The van der Waals surface area contributed by atoms with Gasteiger partial charge in [-0.25, -0.2) is 0 Å². The maximum absolute atomic E-state index is 12.6. The van der Waals surface area contributed by atoms with E-state index in [9.17, 15) is 4.79 Å². The van der Waals surface area contributed by atoms with Crippen LogP contribution in [0.5, 0.6) is 0 Å². The van der Waals surface area contributed by atoms with Crippen molar-refractivity contribution in [2.24, 2.45) is 0 Å². The number of hydrogen-bond donors (Lipinski definition) is 1. The summed E-state index contributed by atoms with van der Waals surface area (Å²) >= 11 is 3.52. The molecule has 0 aliphatic carbocycles. The molecule has 0 atom stereocenters. The second-order valence-electron chi connectivity index (χ2n) is 5.18. The Labute approximate surface area is 127 Å². The zero-order chi connectivity index (χ0) is 14.6. The average Bonchev–Trinajstić information content (AvgIpc) is 2.48. The van der Waals surface area contributed by atoms with Crippen molar-refractivity contribution < 1.29 is 9.53 Å². The Kier molecular flexibility index (Phi) is 5.10. The highest BCUT2D eigenvalue weighted by Crippen LogP contribution is 2.24. The number of halogens is 1. The Morgan fingerprint density at radius 3 is 2.75 bits per heavy atom. The predicted octanol–water partition coefficient (Wildman–Crippen LogP) is 2.02. The third kappa shape index (κ3) is 3.35. The van der Waals surface area contributed by atoms with Crippen LogP contribution in [0.15, 0.2) is 6.07 Å². The van der Waals surface area contributed by atoms with E-state index in [2.05, 4.69) is 31.4 Å². The van der Waals surface area contributed by atoms with Crippen LogP contribution in [0.4, 0.5) is 0 Å². The van der Waals surface area contributed by atoms with Crippen molar-refractivity contribution in [2.45, 2.75) is 38.6 Å². The number of rotatable bonds is 4. The normalized spacial score (nSPS) is 17.8. The number of nitrogens with one attached hydrogen (secondary N) is 1. The van der Waals surface area contributed by atoms with Crippen molar-refractivity contribution >= 4 is 21.8 Å². The van der Waals surface area contributed by atoms with E-state index in [1.54, 1.807) is 0 Å². The maximum atomic E-state index is 12.6. The lowest BCUT2D eigenvalue weighted by atomic mass is 9.92. The van der Waals surface area contributed by atoms with E-state index in [0.29, 0.717) is 25.2 Å². The SMILES string of the molecule is CCc1nnc(C)cc1C(=O)NC1(CBr)CCOCC1. The molecule has 0 radical (unpaired) electrons. The van der Waals surface area contributed by atoms with Gasteiger partial charge in [0.2, 0.25) is 0 Å². The van der Waals surface area contributed by atoms with Crippen LogP contribution in [-0.2, 0) is 11.2 Å². The number of ether oxygens (including phenoxy) is 1. The highest BCUT2D eigenvalue weighted by atomic mass is 79.9. The molecule has 0 spiro atoms. The van der Waals surface area contributed by atoms with Gasteiger partial charge in [-0.05, 0) is 32.3 Å². The molecule has 0 bridgehead atoms. The lowest BCUT2D eigenvalue weighted by molar-refractivity contribution is 0.0441. The third-order valence-electron chi connectivity index (χ3n) is 3.66. The minimum atomic E-state index is -0.225. The molecule has 0 unspecified atom stereocenters. The first-order valence-corrected chi connectivity index (χ1v) is 8.02. The Bertz CT molecular complexity index is 487. The summed E-state index contributed by atoms with van der Waals surface area (Å²) in [6, 6.07) is 1.81. The number of nitrogens with zero attached hydrogens (tertiary/aromatic N) is 2. The fraction of sp³-hybridized carbons (Fsp3) is 0.643. The van der Waals surface area contributed by atoms with Gasteiger partial charge in [0.15, 0.2) is 0 Å². The molecule has 1 saturated heterocycles. The van der Waals surface area contributed by atoms with Crippen molar-refractivity contribution in [3.8, 4) is 0 Å². The summed E-state index contributed by atoms with van der Waals surface area (Å²) < 4.78 is 5.38. The summed E-state index contributed by atoms with van der Waals surface area (Å²) in [7, 11) is 0. The second-order valence-corrected chi connectivity index (χ2v) is 5.74. The quantitative estimate of drug-likeness (QED) is 0.851. The Morgan fingerprint density at radius 2 is 2.15 bits per heavy atom. The van der Waals surface area contributed by atoms with Gasteiger partial charge in [0.25, 0.3) is 5.91 Å². The fourth-order valence-corrected chi connectivity index (χ4v) is 3.04. The van der Waals surface area contributed by atoms with Crippen LogP contribution >= 0.6 is 15.9 Å². The lowest BCUT2D eigenvalue weighted by Crippen LogP contribution is -2.53. The van der Waals surface area contributed by atoms with Crippen molar-refractivity contribution in [1.29, 1.82) is 0 Å². The molecule has 110 valence electrons. The number of aromatic nitrogens is 2. The summed E-state index contributed by atoms with van der Waals surface area (Å²) in [5.41, 5.74) is 1.90. The molecular weight excluding hydrogens is 322 g/mol. The second kappa shape index (κ2) is 6.63. The van der Waals surface area contributed by atoms with E-state index in [-0.39, 0.29) is 11.4 Å². The first kappa shape index (κ1) is 15.4. The maximum Gasteiger partial charge on any atom is 0.253 e. The van der Waals surface area contributed by atoms with Crippen molar-refractivity contribution in [3.63, 3.8) is 0 Å². The van der Waals surface area contributed by atoms with E-state index in [1.807, 2.05) is 19.9 Å². The molecular formula is C14H20BrN3O2. The van der Waals surface area contributed by atoms with Gasteiger partial charge in [-0.3, -0.25) is 4.79 Å². The van der Waals surface area contributed by atoms with Gasteiger partial charge in [-0.1, -0.05) is 22.9 Å². The number of carbonyl (C=O) groups is 1. The molecule has 1 aromatic heterocycles. The summed E-state index contributed by atoms with van der Waals surface area (Å²) in [6.07, 6.45) is 2.34. The smallest absolute Gasteiger partial charge is 0.253 e. The zero-order valence-corrected chi connectivity index (χ0v) is 13.5. The molecule has 0 saturated carbocycles. The average molecular weight is 342 g/mol. The first-order chi connectivity index (χ1) is 9.60. The van der Waals surface area contributed by atoms with Crippen molar-refractivity contribution in [2.75, 3.05) is 18.5 Å². The number of carbonyl (C=O) groups excluding carboxylic acids is 1. The fourth-order valence-electron chi connectivity index (χ4n) is 2.33. The highest BCUT2D eigenvalue weighted by molar-refractivity contribution is 9.09. The molecule has 1 aliphatic heterocycles. The van der Waals surface area contributed by atoms with Crippen LogP contribution in [0.1, 0.15) is 41.5 Å². The van der Waals surface area contributed by atoms with E-state index >= 15 is 0 Å². The summed E-state index contributed by atoms with van der Waals surface area (Å²) in [4.78, 5) is 12.6. The molecule has 1 fully saturated rings. The van der Waals surface area contributed by atoms with E-state index in [0.717, 1.165) is 29.6 Å². The van der Waals surface area contributed by atoms with Crippen LogP contribution in [0.25, 0.3) is 0 Å². The summed E-state index contributed by atoms with van der Waals surface area (Å²) in [5, 5.41) is 12.0. The zero-order valence-electron chi connectivity index (χ0n) is 11.9. The number of hydrogen-bond acceptors (Lipinski definition) is 4.